The Labute approximate surface area is 190 Å². The minimum Gasteiger partial charge on any atom is -0.381 e. The molecule has 31 heavy (non-hydrogen) atoms. The van der Waals surface area contributed by atoms with Crippen LogP contribution in [0.3, 0.4) is 0 Å². The van der Waals surface area contributed by atoms with Crippen molar-refractivity contribution in [1.82, 2.24) is 9.80 Å². The monoisotopic (exact) mass is 444 g/mol. The van der Waals surface area contributed by atoms with Crippen molar-refractivity contribution in [2.24, 2.45) is 11.3 Å². The fourth-order valence-electron chi connectivity index (χ4n) is 5.67. The third-order valence-corrected chi connectivity index (χ3v) is 7.70. The molecule has 3 aliphatic rings. The average Bonchev–Trinajstić information content (AvgIpc) is 2.76. The van der Waals surface area contributed by atoms with E-state index in [1.165, 1.54) is 6.08 Å². The Hall–Kier alpha value is -1.85. The lowest BCUT2D eigenvalue weighted by Gasteiger charge is -2.56. The van der Waals surface area contributed by atoms with Gasteiger partial charge in [-0.05, 0) is 68.7 Å². The molecule has 1 spiro atoms. The smallest absolute Gasteiger partial charge is 0.245 e. The fourth-order valence-corrected chi connectivity index (χ4v) is 5.80. The van der Waals surface area contributed by atoms with Crippen LogP contribution in [0.4, 0.5) is 0 Å². The molecule has 1 aromatic carbocycles. The molecular formula is C25H33ClN2O3. The molecule has 0 aliphatic carbocycles. The predicted molar refractivity (Wildman–Crippen MR) is 122 cm³/mol. The summed E-state index contributed by atoms with van der Waals surface area (Å²) < 4.78 is 5.52. The van der Waals surface area contributed by atoms with E-state index >= 15 is 0 Å². The molecule has 1 aromatic rings. The summed E-state index contributed by atoms with van der Waals surface area (Å²) in [4.78, 5) is 29.6. The number of amides is 2. The highest BCUT2D eigenvalue weighted by Crippen LogP contribution is 2.44. The van der Waals surface area contributed by atoms with Crippen LogP contribution in [-0.2, 0) is 14.3 Å². The zero-order chi connectivity index (χ0) is 22.0. The first kappa shape index (κ1) is 22.3. The molecule has 3 fully saturated rings. The average molecular weight is 445 g/mol. The van der Waals surface area contributed by atoms with Crippen molar-refractivity contribution in [2.45, 2.75) is 51.0 Å². The van der Waals surface area contributed by atoms with E-state index in [4.69, 9.17) is 16.3 Å². The topological polar surface area (TPSA) is 49.9 Å². The lowest BCUT2D eigenvalue weighted by Crippen LogP contribution is -2.63. The van der Waals surface area contributed by atoms with Gasteiger partial charge in [0.15, 0.2) is 0 Å². The molecule has 168 valence electrons. The highest BCUT2D eigenvalue weighted by Gasteiger charge is 2.49. The molecule has 0 radical (unpaired) electrons. The maximum absolute atomic E-state index is 13.8. The largest absolute Gasteiger partial charge is 0.381 e. The van der Waals surface area contributed by atoms with Crippen LogP contribution in [0.2, 0.25) is 5.02 Å². The van der Waals surface area contributed by atoms with E-state index in [0.717, 1.165) is 70.5 Å². The molecular weight excluding hydrogens is 412 g/mol. The summed E-state index contributed by atoms with van der Waals surface area (Å²) in [6, 6.07) is 7.95. The van der Waals surface area contributed by atoms with Crippen molar-refractivity contribution < 1.29 is 14.3 Å². The number of likely N-dealkylation sites (tertiary alicyclic amines) is 2. The van der Waals surface area contributed by atoms with Gasteiger partial charge in [-0.3, -0.25) is 9.59 Å². The third-order valence-electron chi connectivity index (χ3n) is 7.45. The minimum absolute atomic E-state index is 0.0102. The van der Waals surface area contributed by atoms with Gasteiger partial charge in [-0.2, -0.15) is 0 Å². The highest BCUT2D eigenvalue weighted by atomic mass is 35.5. The van der Waals surface area contributed by atoms with E-state index in [1.54, 1.807) is 0 Å². The SMILES string of the molecule is C=CC(=O)N1CC2(CCN(C(=O)[C@@H](CC3CCOCC3)c3ccc(Cl)cc3)[C@H](C)C2)C1. The van der Waals surface area contributed by atoms with Crippen LogP contribution in [0, 0.1) is 11.3 Å². The van der Waals surface area contributed by atoms with Gasteiger partial charge in [0.2, 0.25) is 11.8 Å². The highest BCUT2D eigenvalue weighted by molar-refractivity contribution is 6.30. The molecule has 0 aromatic heterocycles. The molecule has 2 amide bonds. The molecule has 4 rings (SSSR count). The number of carbonyl (C=O) groups excluding carboxylic acids is 2. The number of halogens is 1. The predicted octanol–water partition coefficient (Wildman–Crippen LogP) is 4.27. The number of piperidine rings is 1. The van der Waals surface area contributed by atoms with E-state index < -0.39 is 0 Å². The lowest BCUT2D eigenvalue weighted by atomic mass is 9.69. The van der Waals surface area contributed by atoms with Crippen LogP contribution < -0.4 is 0 Å². The molecule has 3 saturated heterocycles. The van der Waals surface area contributed by atoms with E-state index in [0.29, 0.717) is 10.9 Å². The van der Waals surface area contributed by atoms with Crippen molar-refractivity contribution in [2.75, 3.05) is 32.8 Å². The second kappa shape index (κ2) is 9.33. The van der Waals surface area contributed by atoms with E-state index in [-0.39, 0.29) is 29.2 Å². The van der Waals surface area contributed by atoms with Gasteiger partial charge in [-0.15, -0.1) is 0 Å². The summed E-state index contributed by atoms with van der Waals surface area (Å²) >= 11 is 6.11. The van der Waals surface area contributed by atoms with Crippen LogP contribution in [0.1, 0.15) is 50.5 Å². The zero-order valence-electron chi connectivity index (χ0n) is 18.4. The maximum atomic E-state index is 13.8. The van der Waals surface area contributed by atoms with Crippen LogP contribution in [0.15, 0.2) is 36.9 Å². The van der Waals surface area contributed by atoms with E-state index in [9.17, 15) is 9.59 Å². The summed E-state index contributed by atoms with van der Waals surface area (Å²) in [6.45, 7) is 9.65. The molecule has 0 unspecified atom stereocenters. The quantitative estimate of drug-likeness (QED) is 0.637. The number of carbonyl (C=O) groups is 2. The Morgan fingerprint density at radius 3 is 2.55 bits per heavy atom. The van der Waals surface area contributed by atoms with Crippen molar-refractivity contribution in [3.05, 3.63) is 47.5 Å². The number of rotatable bonds is 5. The Balaban J connectivity index is 1.46. The van der Waals surface area contributed by atoms with Gasteiger partial charge in [0.25, 0.3) is 0 Å². The van der Waals surface area contributed by atoms with Gasteiger partial charge < -0.3 is 14.5 Å². The first-order valence-corrected chi connectivity index (χ1v) is 11.8. The van der Waals surface area contributed by atoms with Crippen LogP contribution in [0.5, 0.6) is 0 Å². The Morgan fingerprint density at radius 2 is 1.94 bits per heavy atom. The van der Waals surface area contributed by atoms with Crippen LogP contribution in [0.25, 0.3) is 0 Å². The summed E-state index contributed by atoms with van der Waals surface area (Å²) in [6.07, 6.45) is 6.19. The zero-order valence-corrected chi connectivity index (χ0v) is 19.2. The minimum atomic E-state index is -0.142. The van der Waals surface area contributed by atoms with Crippen molar-refractivity contribution in [3.8, 4) is 0 Å². The van der Waals surface area contributed by atoms with Crippen LogP contribution >= 0.6 is 11.6 Å². The molecule has 2 atom stereocenters. The van der Waals surface area contributed by atoms with Gasteiger partial charge in [0.1, 0.15) is 0 Å². The van der Waals surface area contributed by atoms with E-state index in [2.05, 4.69) is 18.4 Å². The number of benzene rings is 1. The summed E-state index contributed by atoms with van der Waals surface area (Å²) in [5.74, 6) is 0.609. The number of hydrogen-bond donors (Lipinski definition) is 0. The Kier molecular flexibility index (Phi) is 6.73. The normalized spacial score (nSPS) is 24.5. The summed E-state index contributed by atoms with van der Waals surface area (Å²) in [5, 5.41) is 0.693. The molecule has 0 bridgehead atoms. The van der Waals surface area contributed by atoms with Gasteiger partial charge >= 0.3 is 0 Å². The second-order valence-electron chi connectivity index (χ2n) is 9.63. The van der Waals surface area contributed by atoms with Crippen molar-refractivity contribution in [3.63, 3.8) is 0 Å². The number of hydrogen-bond acceptors (Lipinski definition) is 3. The van der Waals surface area contributed by atoms with Gasteiger partial charge in [0.05, 0.1) is 5.92 Å². The van der Waals surface area contributed by atoms with Gasteiger partial charge in [-0.1, -0.05) is 30.3 Å². The van der Waals surface area contributed by atoms with Crippen LogP contribution in [-0.4, -0.2) is 60.5 Å². The first-order chi connectivity index (χ1) is 14.9. The molecule has 3 heterocycles. The van der Waals surface area contributed by atoms with Gasteiger partial charge in [-0.25, -0.2) is 0 Å². The standard InChI is InChI=1S/C25H33ClN2O3/c1-3-23(29)27-16-25(17-27)10-11-28(18(2)15-25)24(30)22(14-19-8-12-31-13-9-19)20-4-6-21(26)7-5-20/h3-7,18-19,22H,1,8-17H2,2H3/t18-,22+/m1/s1. The summed E-state index contributed by atoms with van der Waals surface area (Å²) in [5.41, 5.74) is 1.21. The van der Waals surface area contributed by atoms with Gasteiger partial charge in [0, 0.05) is 49.3 Å². The molecule has 5 nitrogen and oxygen atoms in total. The fraction of sp³-hybridized carbons (Fsp3) is 0.600. The molecule has 6 heteroatoms. The number of ether oxygens (including phenoxy) is 1. The van der Waals surface area contributed by atoms with Crippen molar-refractivity contribution >= 4 is 23.4 Å². The Morgan fingerprint density at radius 1 is 1.26 bits per heavy atom. The first-order valence-electron chi connectivity index (χ1n) is 11.5. The second-order valence-corrected chi connectivity index (χ2v) is 10.1. The van der Waals surface area contributed by atoms with E-state index in [1.807, 2.05) is 29.2 Å². The summed E-state index contributed by atoms with van der Waals surface area (Å²) in [7, 11) is 0. The Bertz CT molecular complexity index is 813. The molecule has 0 saturated carbocycles. The van der Waals surface area contributed by atoms with Crippen molar-refractivity contribution in [1.29, 1.82) is 0 Å². The number of nitrogens with zero attached hydrogens (tertiary/aromatic N) is 2. The third kappa shape index (κ3) is 4.83. The lowest BCUT2D eigenvalue weighted by molar-refractivity contribution is -0.151. The maximum Gasteiger partial charge on any atom is 0.245 e. The molecule has 0 N–H and O–H groups in total. The molecule has 3 aliphatic heterocycles.